The van der Waals surface area contributed by atoms with E-state index in [1.165, 1.54) is 30.9 Å². The third kappa shape index (κ3) is 3.57. The van der Waals surface area contributed by atoms with Crippen molar-refractivity contribution in [3.05, 3.63) is 109 Å². The summed E-state index contributed by atoms with van der Waals surface area (Å²) in [7, 11) is -1.48. The number of thiophene rings is 1. The summed E-state index contributed by atoms with van der Waals surface area (Å²) in [5.74, 6) is 0. The van der Waals surface area contributed by atoms with Crippen LogP contribution >= 0.6 is 11.3 Å². The van der Waals surface area contributed by atoms with Crippen LogP contribution in [0.25, 0.3) is 30.9 Å². The third-order valence-corrected chi connectivity index (χ3v) is 7.21. The predicted octanol–water partition coefficient (Wildman–Crippen LogP) is 6.36. The molecule has 0 atom stereocenters. The third-order valence-electron chi connectivity index (χ3n) is 6.06. The van der Waals surface area contributed by atoms with Gasteiger partial charge in [0.05, 0.1) is 0 Å². The molecule has 0 spiro atoms. The molecule has 0 amide bonds. The first kappa shape index (κ1) is 20.0. The van der Waals surface area contributed by atoms with Crippen molar-refractivity contribution in [2.75, 3.05) is 4.90 Å². The SMILES string of the molecule is OB(O)c1ccc(N(c2ccc3ccccc3c2)c2ccc3sc4ccccc4c3c2)cc1. The minimum absolute atomic E-state index is 0.469. The molecule has 5 aromatic carbocycles. The van der Waals surface area contributed by atoms with Crippen LogP contribution in [0.1, 0.15) is 0 Å². The van der Waals surface area contributed by atoms with Crippen molar-refractivity contribution in [1.29, 1.82) is 0 Å². The van der Waals surface area contributed by atoms with E-state index in [4.69, 9.17) is 0 Å². The standard InChI is InChI=1S/C28H20BNO2S/c31-29(32)21-10-13-22(14-11-21)30(23-12-9-19-5-1-2-6-20(19)17-23)24-15-16-28-26(18-24)25-7-3-4-8-27(25)33-28/h1-18,31-32H. The van der Waals surface area contributed by atoms with E-state index in [1.54, 1.807) is 23.5 Å². The number of benzene rings is 5. The largest absolute Gasteiger partial charge is 0.488 e. The van der Waals surface area contributed by atoms with Gasteiger partial charge in [-0.15, -0.1) is 11.3 Å². The summed E-state index contributed by atoms with van der Waals surface area (Å²) >= 11 is 1.81. The molecule has 0 fully saturated rings. The van der Waals surface area contributed by atoms with Crippen LogP contribution in [0.2, 0.25) is 0 Å². The highest BCUT2D eigenvalue weighted by Crippen LogP contribution is 2.40. The van der Waals surface area contributed by atoms with Gasteiger partial charge in [-0.2, -0.15) is 0 Å². The minimum Gasteiger partial charge on any atom is -0.423 e. The summed E-state index contributed by atoms with van der Waals surface area (Å²) in [4.78, 5) is 2.21. The summed E-state index contributed by atoms with van der Waals surface area (Å²) in [6.45, 7) is 0. The van der Waals surface area contributed by atoms with Gasteiger partial charge in [0.2, 0.25) is 0 Å². The quantitative estimate of drug-likeness (QED) is 0.311. The number of hydrogen-bond donors (Lipinski definition) is 2. The van der Waals surface area contributed by atoms with Crippen LogP contribution in [-0.4, -0.2) is 17.2 Å². The van der Waals surface area contributed by atoms with E-state index in [1.807, 2.05) is 18.2 Å². The Bertz CT molecular complexity index is 1610. The zero-order chi connectivity index (χ0) is 22.4. The fourth-order valence-corrected chi connectivity index (χ4v) is 5.50. The van der Waals surface area contributed by atoms with E-state index in [0.29, 0.717) is 5.46 Å². The van der Waals surface area contributed by atoms with Gasteiger partial charge in [-0.05, 0) is 64.8 Å². The number of rotatable bonds is 4. The van der Waals surface area contributed by atoms with E-state index in [9.17, 15) is 10.0 Å². The van der Waals surface area contributed by atoms with Crippen LogP contribution in [0.4, 0.5) is 17.1 Å². The molecule has 0 radical (unpaired) electrons. The van der Waals surface area contributed by atoms with Gasteiger partial charge >= 0.3 is 7.12 Å². The molecule has 0 unspecified atom stereocenters. The van der Waals surface area contributed by atoms with Crippen molar-refractivity contribution < 1.29 is 10.0 Å². The van der Waals surface area contributed by atoms with E-state index in [2.05, 4.69) is 83.8 Å². The average molecular weight is 445 g/mol. The highest BCUT2D eigenvalue weighted by atomic mass is 32.1. The smallest absolute Gasteiger partial charge is 0.423 e. The lowest BCUT2D eigenvalue weighted by Gasteiger charge is -2.26. The number of nitrogens with zero attached hydrogens (tertiary/aromatic N) is 1. The molecule has 2 N–H and O–H groups in total. The van der Waals surface area contributed by atoms with E-state index in [0.717, 1.165) is 17.1 Å². The zero-order valence-corrected chi connectivity index (χ0v) is 18.5. The first-order chi connectivity index (χ1) is 16.2. The Balaban J connectivity index is 1.56. The lowest BCUT2D eigenvalue weighted by Crippen LogP contribution is -2.29. The van der Waals surface area contributed by atoms with E-state index >= 15 is 0 Å². The molecule has 6 aromatic rings. The first-order valence-electron chi connectivity index (χ1n) is 10.8. The Kier molecular flexibility index (Phi) is 4.88. The van der Waals surface area contributed by atoms with Crippen LogP contribution < -0.4 is 10.4 Å². The molecule has 3 nitrogen and oxygen atoms in total. The van der Waals surface area contributed by atoms with Crippen LogP contribution in [0.15, 0.2) is 109 Å². The molecule has 0 saturated carbocycles. The molecule has 0 aliphatic heterocycles. The highest BCUT2D eigenvalue weighted by molar-refractivity contribution is 7.25. The maximum absolute atomic E-state index is 9.54. The van der Waals surface area contributed by atoms with Gasteiger partial charge in [-0.25, -0.2) is 0 Å². The summed E-state index contributed by atoms with van der Waals surface area (Å²) in [6, 6.07) is 37.3. The van der Waals surface area contributed by atoms with Crippen molar-refractivity contribution in [3.8, 4) is 0 Å². The van der Waals surface area contributed by atoms with Gasteiger partial charge in [0.15, 0.2) is 0 Å². The van der Waals surface area contributed by atoms with E-state index in [-0.39, 0.29) is 0 Å². The molecule has 5 heteroatoms. The summed E-state index contributed by atoms with van der Waals surface area (Å²) in [6.07, 6.45) is 0. The Labute approximate surface area is 195 Å². The zero-order valence-electron chi connectivity index (χ0n) is 17.7. The Morgan fingerprint density at radius 1 is 0.545 bits per heavy atom. The van der Waals surface area contributed by atoms with Crippen molar-refractivity contribution >= 4 is 71.9 Å². The maximum atomic E-state index is 9.54. The van der Waals surface area contributed by atoms with Gasteiger partial charge in [0.1, 0.15) is 0 Å². The predicted molar refractivity (Wildman–Crippen MR) is 141 cm³/mol. The first-order valence-corrected chi connectivity index (χ1v) is 11.7. The Morgan fingerprint density at radius 2 is 1.18 bits per heavy atom. The topological polar surface area (TPSA) is 43.7 Å². The lowest BCUT2D eigenvalue weighted by molar-refractivity contribution is 0.426. The fourth-order valence-electron chi connectivity index (χ4n) is 4.41. The van der Waals surface area contributed by atoms with Gasteiger partial charge in [0, 0.05) is 37.2 Å². The summed E-state index contributed by atoms with van der Waals surface area (Å²) in [5.41, 5.74) is 3.52. The second kappa shape index (κ2) is 8.05. The normalized spacial score (nSPS) is 11.3. The molecule has 158 valence electrons. The van der Waals surface area contributed by atoms with Crippen LogP contribution in [-0.2, 0) is 0 Å². The molecule has 1 heterocycles. The molecule has 0 saturated heterocycles. The molecule has 0 bridgehead atoms. The maximum Gasteiger partial charge on any atom is 0.488 e. The van der Waals surface area contributed by atoms with Crippen molar-refractivity contribution in [3.63, 3.8) is 0 Å². The van der Waals surface area contributed by atoms with E-state index < -0.39 is 7.12 Å². The van der Waals surface area contributed by atoms with Gasteiger partial charge in [-0.3, -0.25) is 0 Å². The number of anilines is 3. The van der Waals surface area contributed by atoms with Crippen molar-refractivity contribution in [2.45, 2.75) is 0 Å². The lowest BCUT2D eigenvalue weighted by atomic mass is 9.80. The Hall–Kier alpha value is -3.64. The highest BCUT2D eigenvalue weighted by Gasteiger charge is 2.17. The van der Waals surface area contributed by atoms with Crippen LogP contribution in [0.3, 0.4) is 0 Å². The number of hydrogen-bond acceptors (Lipinski definition) is 4. The van der Waals surface area contributed by atoms with Gasteiger partial charge in [-0.1, -0.05) is 60.7 Å². The van der Waals surface area contributed by atoms with Gasteiger partial charge in [0.25, 0.3) is 0 Å². The summed E-state index contributed by atoms with van der Waals surface area (Å²) in [5, 5.41) is 24.0. The van der Waals surface area contributed by atoms with Crippen molar-refractivity contribution in [2.24, 2.45) is 0 Å². The molecule has 33 heavy (non-hydrogen) atoms. The molecule has 6 rings (SSSR count). The molecule has 0 aliphatic rings. The van der Waals surface area contributed by atoms with Crippen LogP contribution in [0.5, 0.6) is 0 Å². The average Bonchev–Trinajstić information content (AvgIpc) is 3.23. The molecular weight excluding hydrogens is 425 g/mol. The Morgan fingerprint density at radius 3 is 2.00 bits per heavy atom. The second-order valence-electron chi connectivity index (χ2n) is 8.11. The molecular formula is C28H20BNO2S. The monoisotopic (exact) mass is 445 g/mol. The molecule has 1 aromatic heterocycles. The molecule has 0 aliphatic carbocycles. The second-order valence-corrected chi connectivity index (χ2v) is 9.19. The van der Waals surface area contributed by atoms with Crippen molar-refractivity contribution in [1.82, 2.24) is 0 Å². The van der Waals surface area contributed by atoms with Crippen LogP contribution in [0, 0.1) is 0 Å². The number of fused-ring (bicyclic) bond motifs is 4. The fraction of sp³-hybridized carbons (Fsp3) is 0. The van der Waals surface area contributed by atoms with Gasteiger partial charge < -0.3 is 14.9 Å². The summed E-state index contributed by atoms with van der Waals surface area (Å²) < 4.78 is 2.54. The minimum atomic E-state index is -1.48.